The van der Waals surface area contributed by atoms with E-state index in [2.05, 4.69) is 60.3 Å². The van der Waals surface area contributed by atoms with Crippen LogP contribution < -0.4 is 5.32 Å². The van der Waals surface area contributed by atoms with Crippen LogP contribution in [0, 0.1) is 0 Å². The van der Waals surface area contributed by atoms with Crippen molar-refractivity contribution in [3.63, 3.8) is 0 Å². The second kappa shape index (κ2) is 8.44. The Morgan fingerprint density at radius 1 is 1.15 bits per heavy atom. The number of thiazole rings is 1. The van der Waals surface area contributed by atoms with Crippen molar-refractivity contribution in [3.05, 3.63) is 71.0 Å². The van der Waals surface area contributed by atoms with Crippen LogP contribution in [0.1, 0.15) is 37.6 Å². The Labute approximate surface area is 164 Å². The first-order chi connectivity index (χ1) is 12.9. The van der Waals surface area contributed by atoms with E-state index >= 15 is 0 Å². The molecular weight excluding hydrogens is 354 g/mol. The van der Waals surface area contributed by atoms with Crippen molar-refractivity contribution in [2.45, 2.75) is 39.0 Å². The topological polar surface area (TPSA) is 54.9 Å². The molecule has 3 aromatic rings. The van der Waals surface area contributed by atoms with E-state index in [1.54, 1.807) is 12.4 Å². The monoisotopic (exact) mass is 379 g/mol. The highest BCUT2D eigenvalue weighted by Gasteiger charge is 2.13. The lowest BCUT2D eigenvalue weighted by Gasteiger charge is -2.19. The van der Waals surface area contributed by atoms with E-state index in [1.807, 2.05) is 17.5 Å². The Morgan fingerprint density at radius 3 is 2.59 bits per heavy atom. The van der Waals surface area contributed by atoms with Crippen molar-refractivity contribution in [2.24, 2.45) is 0 Å². The lowest BCUT2D eigenvalue weighted by atomic mass is 9.86. The lowest BCUT2D eigenvalue weighted by Crippen LogP contribution is -2.27. The van der Waals surface area contributed by atoms with Gasteiger partial charge in [-0.15, -0.1) is 11.3 Å². The number of nitrogens with zero attached hydrogens (tertiary/aromatic N) is 2. The zero-order chi connectivity index (χ0) is 19.3. The highest BCUT2D eigenvalue weighted by molar-refractivity contribution is 7.13. The number of carbonyl (C=O) groups excluding carboxylic acids is 1. The molecule has 0 fully saturated rings. The fourth-order valence-corrected chi connectivity index (χ4v) is 3.57. The van der Waals surface area contributed by atoms with Crippen LogP contribution >= 0.6 is 11.3 Å². The molecule has 0 saturated carbocycles. The number of rotatable bonds is 6. The first-order valence-electron chi connectivity index (χ1n) is 9.13. The Morgan fingerprint density at radius 2 is 1.93 bits per heavy atom. The summed E-state index contributed by atoms with van der Waals surface area (Å²) in [4.78, 5) is 20.8. The molecule has 0 bridgehead atoms. The highest BCUT2D eigenvalue weighted by atomic mass is 32.1. The summed E-state index contributed by atoms with van der Waals surface area (Å²) in [5.41, 5.74) is 4.49. The Hall–Kier alpha value is -2.53. The van der Waals surface area contributed by atoms with E-state index in [-0.39, 0.29) is 11.3 Å². The minimum Gasteiger partial charge on any atom is -0.355 e. The maximum atomic E-state index is 12.2. The van der Waals surface area contributed by atoms with Gasteiger partial charge in [0.2, 0.25) is 5.91 Å². The van der Waals surface area contributed by atoms with Gasteiger partial charge in [-0.3, -0.25) is 9.78 Å². The van der Waals surface area contributed by atoms with Gasteiger partial charge >= 0.3 is 0 Å². The van der Waals surface area contributed by atoms with Gasteiger partial charge in [-0.25, -0.2) is 4.98 Å². The van der Waals surface area contributed by atoms with E-state index in [0.29, 0.717) is 13.0 Å². The lowest BCUT2D eigenvalue weighted by molar-refractivity contribution is -0.120. The molecule has 0 aliphatic carbocycles. The quantitative estimate of drug-likeness (QED) is 0.690. The van der Waals surface area contributed by atoms with Crippen LogP contribution in [0.25, 0.3) is 10.6 Å². The highest BCUT2D eigenvalue weighted by Crippen LogP contribution is 2.23. The number of amides is 1. The molecule has 3 rings (SSSR count). The van der Waals surface area contributed by atoms with Gasteiger partial charge in [0.15, 0.2) is 0 Å². The molecule has 0 aliphatic heterocycles. The Kier molecular flexibility index (Phi) is 6.01. The number of aromatic nitrogens is 2. The number of pyridine rings is 1. The average Bonchev–Trinajstić information content (AvgIpc) is 3.10. The molecule has 2 aromatic heterocycles. The van der Waals surface area contributed by atoms with Crippen molar-refractivity contribution in [2.75, 3.05) is 6.54 Å². The minimum absolute atomic E-state index is 0.00403. The van der Waals surface area contributed by atoms with Gasteiger partial charge in [0.1, 0.15) is 5.01 Å². The molecule has 1 N–H and O–H groups in total. The number of hydrogen-bond donors (Lipinski definition) is 1. The number of carbonyl (C=O) groups is 1. The van der Waals surface area contributed by atoms with Gasteiger partial charge in [-0.1, -0.05) is 45.0 Å². The standard InChI is InChI=1S/C22H25N3OS/c1-22(2,3)18-8-6-16(7-9-18)10-12-24-20(26)13-19-15-27-21(25-19)17-5-4-11-23-14-17/h4-9,11,14-15H,10,12-13H2,1-3H3,(H,24,26). The van der Waals surface area contributed by atoms with E-state index < -0.39 is 0 Å². The predicted molar refractivity (Wildman–Crippen MR) is 111 cm³/mol. The number of benzene rings is 1. The second-order valence-corrected chi connectivity index (χ2v) is 8.47. The van der Waals surface area contributed by atoms with Gasteiger partial charge < -0.3 is 5.32 Å². The average molecular weight is 380 g/mol. The summed E-state index contributed by atoms with van der Waals surface area (Å²) in [5.74, 6) is 0.00403. The summed E-state index contributed by atoms with van der Waals surface area (Å²) in [5, 5.41) is 5.82. The molecule has 140 valence electrons. The van der Waals surface area contributed by atoms with Crippen LogP contribution in [0.3, 0.4) is 0 Å². The van der Waals surface area contributed by atoms with E-state index in [1.165, 1.54) is 22.5 Å². The van der Waals surface area contributed by atoms with Gasteiger partial charge in [-0.2, -0.15) is 0 Å². The summed E-state index contributed by atoms with van der Waals surface area (Å²) in [7, 11) is 0. The van der Waals surface area contributed by atoms with Crippen molar-refractivity contribution in [1.82, 2.24) is 15.3 Å². The van der Waals surface area contributed by atoms with E-state index in [9.17, 15) is 4.79 Å². The van der Waals surface area contributed by atoms with E-state index in [0.717, 1.165) is 22.7 Å². The zero-order valence-electron chi connectivity index (χ0n) is 16.0. The molecule has 1 aromatic carbocycles. The van der Waals surface area contributed by atoms with Crippen LogP contribution in [0.5, 0.6) is 0 Å². The number of hydrogen-bond acceptors (Lipinski definition) is 4. The molecule has 5 heteroatoms. The van der Waals surface area contributed by atoms with Crippen LogP contribution in [0.15, 0.2) is 54.2 Å². The van der Waals surface area contributed by atoms with Crippen LogP contribution in [0.2, 0.25) is 0 Å². The summed E-state index contributed by atoms with van der Waals surface area (Å²) in [6, 6.07) is 12.5. The van der Waals surface area contributed by atoms with E-state index in [4.69, 9.17) is 0 Å². The van der Waals surface area contributed by atoms with Crippen molar-refractivity contribution in [1.29, 1.82) is 0 Å². The molecule has 2 heterocycles. The number of nitrogens with one attached hydrogen (secondary N) is 1. The Bertz CT molecular complexity index is 880. The third-order valence-corrected chi connectivity index (χ3v) is 5.30. The maximum Gasteiger partial charge on any atom is 0.226 e. The van der Waals surface area contributed by atoms with Gasteiger partial charge in [0.25, 0.3) is 0 Å². The SMILES string of the molecule is CC(C)(C)c1ccc(CCNC(=O)Cc2csc(-c3cccnc3)n2)cc1. The minimum atomic E-state index is 0.00403. The maximum absolute atomic E-state index is 12.2. The molecule has 4 nitrogen and oxygen atoms in total. The van der Waals surface area contributed by atoms with Gasteiger partial charge in [-0.05, 0) is 35.1 Å². The Balaban J connectivity index is 1.47. The third-order valence-electron chi connectivity index (χ3n) is 4.36. The molecule has 0 radical (unpaired) electrons. The largest absolute Gasteiger partial charge is 0.355 e. The summed E-state index contributed by atoms with van der Waals surface area (Å²) in [6.45, 7) is 7.26. The predicted octanol–water partition coefficient (Wildman–Crippen LogP) is 4.40. The smallest absolute Gasteiger partial charge is 0.226 e. The van der Waals surface area contributed by atoms with Crippen LogP contribution in [-0.4, -0.2) is 22.4 Å². The summed E-state index contributed by atoms with van der Waals surface area (Å²) in [6.07, 6.45) is 4.66. The van der Waals surface area contributed by atoms with Gasteiger partial charge in [0, 0.05) is 29.9 Å². The summed E-state index contributed by atoms with van der Waals surface area (Å²) < 4.78 is 0. The first-order valence-corrected chi connectivity index (χ1v) is 10.0. The van der Waals surface area contributed by atoms with Crippen molar-refractivity contribution in [3.8, 4) is 10.6 Å². The molecular formula is C22H25N3OS. The van der Waals surface area contributed by atoms with Gasteiger partial charge in [0.05, 0.1) is 12.1 Å². The zero-order valence-corrected chi connectivity index (χ0v) is 16.8. The van der Waals surface area contributed by atoms with Crippen LogP contribution in [0.4, 0.5) is 0 Å². The molecule has 0 atom stereocenters. The van der Waals surface area contributed by atoms with Crippen molar-refractivity contribution < 1.29 is 4.79 Å². The molecule has 0 spiro atoms. The molecule has 1 amide bonds. The molecule has 0 saturated heterocycles. The molecule has 27 heavy (non-hydrogen) atoms. The first kappa shape index (κ1) is 19.2. The van der Waals surface area contributed by atoms with Crippen molar-refractivity contribution >= 4 is 17.2 Å². The van der Waals surface area contributed by atoms with Crippen LogP contribution in [-0.2, 0) is 23.1 Å². The molecule has 0 unspecified atom stereocenters. The summed E-state index contributed by atoms with van der Waals surface area (Å²) >= 11 is 1.54. The molecule has 0 aliphatic rings. The third kappa shape index (κ3) is 5.47. The normalized spacial score (nSPS) is 11.4. The fraction of sp³-hybridized carbons (Fsp3) is 0.318. The second-order valence-electron chi connectivity index (χ2n) is 7.61. The fourth-order valence-electron chi connectivity index (χ4n) is 2.75.